The Bertz CT molecular complexity index is 499. The molecule has 0 radical (unpaired) electrons. The van der Waals surface area contributed by atoms with E-state index in [9.17, 15) is 0 Å². The fourth-order valence-electron chi connectivity index (χ4n) is 1.63. The highest BCUT2D eigenvalue weighted by Crippen LogP contribution is 2.14. The van der Waals surface area contributed by atoms with Gasteiger partial charge in [-0.3, -0.25) is 0 Å². The van der Waals surface area contributed by atoms with E-state index in [0.29, 0.717) is 0 Å². The fourth-order valence-corrected chi connectivity index (χ4v) is 1.92. The zero-order valence-electron chi connectivity index (χ0n) is 10.5. The Morgan fingerprint density at radius 1 is 1.33 bits per heavy atom. The second-order valence-corrected chi connectivity index (χ2v) is 4.83. The van der Waals surface area contributed by atoms with Crippen molar-refractivity contribution in [1.82, 2.24) is 19.7 Å². The minimum atomic E-state index is 0.787. The lowest BCUT2D eigenvalue weighted by Gasteiger charge is -2.08. The van der Waals surface area contributed by atoms with Crippen LogP contribution in [-0.2, 0) is 6.42 Å². The van der Waals surface area contributed by atoms with E-state index in [1.165, 1.54) is 0 Å². The van der Waals surface area contributed by atoms with Crippen molar-refractivity contribution in [2.24, 2.45) is 0 Å². The van der Waals surface area contributed by atoms with Gasteiger partial charge in [-0.05, 0) is 29.3 Å². The summed E-state index contributed by atoms with van der Waals surface area (Å²) < 4.78 is 2.68. The first-order chi connectivity index (χ1) is 8.72. The lowest BCUT2D eigenvalue weighted by molar-refractivity contribution is 0.785. The first-order valence-electron chi connectivity index (χ1n) is 6.05. The highest BCUT2D eigenvalue weighted by Gasteiger charge is 2.06. The molecule has 2 rings (SSSR count). The van der Waals surface area contributed by atoms with E-state index in [0.717, 1.165) is 41.3 Å². The van der Waals surface area contributed by atoms with E-state index < -0.39 is 0 Å². The summed E-state index contributed by atoms with van der Waals surface area (Å²) in [7, 11) is 0. The maximum Gasteiger partial charge on any atom is 0.159 e. The molecule has 5 nitrogen and oxygen atoms in total. The van der Waals surface area contributed by atoms with Gasteiger partial charge in [0.05, 0.1) is 10.7 Å². The van der Waals surface area contributed by atoms with Crippen molar-refractivity contribution in [2.45, 2.75) is 26.7 Å². The van der Waals surface area contributed by atoms with Gasteiger partial charge in [0.1, 0.15) is 11.6 Å². The molecule has 0 saturated carbocycles. The van der Waals surface area contributed by atoms with Crippen LogP contribution in [0, 0.1) is 0 Å². The Labute approximate surface area is 115 Å². The number of hydrogen-bond donors (Lipinski definition) is 1. The molecule has 0 unspecified atom stereocenters. The van der Waals surface area contributed by atoms with Gasteiger partial charge in [-0.15, -0.1) is 0 Å². The van der Waals surface area contributed by atoms with Crippen molar-refractivity contribution in [3.8, 4) is 5.82 Å². The summed E-state index contributed by atoms with van der Waals surface area (Å²) in [6.07, 6.45) is 5.52. The maximum atomic E-state index is 4.52. The predicted octanol–water partition coefficient (Wildman–Crippen LogP) is 2.81. The summed E-state index contributed by atoms with van der Waals surface area (Å²) in [5.74, 6) is 2.48. The van der Waals surface area contributed by atoms with Crippen LogP contribution in [0.1, 0.15) is 26.1 Å². The van der Waals surface area contributed by atoms with Gasteiger partial charge in [0, 0.05) is 25.2 Å². The Hall–Kier alpha value is -1.43. The topological polar surface area (TPSA) is 55.6 Å². The van der Waals surface area contributed by atoms with Crippen LogP contribution in [0.2, 0.25) is 0 Å². The summed E-state index contributed by atoms with van der Waals surface area (Å²) >= 11 is 3.39. The maximum absolute atomic E-state index is 4.52. The van der Waals surface area contributed by atoms with Crippen LogP contribution < -0.4 is 5.32 Å². The minimum absolute atomic E-state index is 0.787. The molecule has 0 fully saturated rings. The standard InChI is InChI=1S/C12H16BrN5/c1-3-5-10-16-11(14-4-2)6-12(17-10)18-8-9(13)7-15-18/h6-8H,3-5H2,1-2H3,(H,14,16,17). The Morgan fingerprint density at radius 2 is 2.17 bits per heavy atom. The van der Waals surface area contributed by atoms with E-state index in [1.54, 1.807) is 10.9 Å². The SMILES string of the molecule is CCCc1nc(NCC)cc(-n2cc(Br)cn2)n1. The van der Waals surface area contributed by atoms with Gasteiger partial charge in [0.2, 0.25) is 0 Å². The molecule has 0 aliphatic heterocycles. The molecule has 6 heteroatoms. The van der Waals surface area contributed by atoms with Crippen LogP contribution in [0.5, 0.6) is 0 Å². The first-order valence-corrected chi connectivity index (χ1v) is 6.84. The Kier molecular flexibility index (Phi) is 4.30. The van der Waals surface area contributed by atoms with Crippen molar-refractivity contribution in [3.63, 3.8) is 0 Å². The fraction of sp³-hybridized carbons (Fsp3) is 0.417. The summed E-state index contributed by atoms with van der Waals surface area (Å²) in [6.45, 7) is 5.00. The van der Waals surface area contributed by atoms with Gasteiger partial charge in [-0.25, -0.2) is 14.6 Å². The lowest BCUT2D eigenvalue weighted by Crippen LogP contribution is -2.08. The van der Waals surface area contributed by atoms with Crippen molar-refractivity contribution in [3.05, 3.63) is 28.8 Å². The molecule has 2 aromatic heterocycles. The first kappa shape index (κ1) is 13.0. The summed E-state index contributed by atoms with van der Waals surface area (Å²) in [4.78, 5) is 8.99. The second-order valence-electron chi connectivity index (χ2n) is 3.91. The van der Waals surface area contributed by atoms with Crippen molar-refractivity contribution < 1.29 is 0 Å². The summed E-state index contributed by atoms with van der Waals surface area (Å²) in [5, 5.41) is 7.46. The van der Waals surface area contributed by atoms with Gasteiger partial charge in [-0.2, -0.15) is 5.10 Å². The highest BCUT2D eigenvalue weighted by atomic mass is 79.9. The smallest absolute Gasteiger partial charge is 0.159 e. The van der Waals surface area contributed by atoms with Crippen molar-refractivity contribution in [2.75, 3.05) is 11.9 Å². The zero-order valence-corrected chi connectivity index (χ0v) is 12.1. The molecule has 0 amide bonds. The van der Waals surface area contributed by atoms with Gasteiger partial charge in [-0.1, -0.05) is 6.92 Å². The normalized spacial score (nSPS) is 10.6. The van der Waals surface area contributed by atoms with Gasteiger partial charge < -0.3 is 5.32 Å². The average molecular weight is 310 g/mol. The molecule has 2 heterocycles. The molecule has 0 saturated heterocycles. The second kappa shape index (κ2) is 5.95. The van der Waals surface area contributed by atoms with Gasteiger partial charge in [0.15, 0.2) is 5.82 Å². The van der Waals surface area contributed by atoms with Crippen LogP contribution in [0.15, 0.2) is 22.9 Å². The molecule has 0 bridgehead atoms. The van der Waals surface area contributed by atoms with Crippen LogP contribution in [-0.4, -0.2) is 26.3 Å². The number of rotatable bonds is 5. The Morgan fingerprint density at radius 3 is 2.78 bits per heavy atom. The number of nitrogens with one attached hydrogen (secondary N) is 1. The summed E-state index contributed by atoms with van der Waals surface area (Å²) in [5.41, 5.74) is 0. The highest BCUT2D eigenvalue weighted by molar-refractivity contribution is 9.10. The monoisotopic (exact) mass is 309 g/mol. The third-order valence-electron chi connectivity index (χ3n) is 2.38. The predicted molar refractivity (Wildman–Crippen MR) is 75.0 cm³/mol. The number of aryl methyl sites for hydroxylation is 1. The molecule has 0 aliphatic rings. The molecule has 18 heavy (non-hydrogen) atoms. The van der Waals surface area contributed by atoms with Crippen LogP contribution in [0.25, 0.3) is 5.82 Å². The number of halogens is 1. The third-order valence-corrected chi connectivity index (χ3v) is 2.79. The van der Waals surface area contributed by atoms with Crippen LogP contribution >= 0.6 is 15.9 Å². The van der Waals surface area contributed by atoms with E-state index in [2.05, 4.69) is 43.2 Å². The molecular weight excluding hydrogens is 294 g/mol. The van der Waals surface area contributed by atoms with E-state index >= 15 is 0 Å². The van der Waals surface area contributed by atoms with E-state index in [1.807, 2.05) is 19.2 Å². The van der Waals surface area contributed by atoms with Crippen LogP contribution in [0.4, 0.5) is 5.82 Å². The lowest BCUT2D eigenvalue weighted by atomic mass is 10.3. The third kappa shape index (κ3) is 3.07. The molecule has 0 aliphatic carbocycles. The van der Waals surface area contributed by atoms with Crippen molar-refractivity contribution >= 4 is 21.7 Å². The number of hydrogen-bond acceptors (Lipinski definition) is 4. The largest absolute Gasteiger partial charge is 0.370 e. The van der Waals surface area contributed by atoms with Gasteiger partial charge in [0.25, 0.3) is 0 Å². The number of nitrogens with zero attached hydrogens (tertiary/aromatic N) is 4. The average Bonchev–Trinajstić information content (AvgIpc) is 2.76. The number of aromatic nitrogens is 4. The van der Waals surface area contributed by atoms with Crippen molar-refractivity contribution in [1.29, 1.82) is 0 Å². The van der Waals surface area contributed by atoms with E-state index in [4.69, 9.17) is 0 Å². The quantitative estimate of drug-likeness (QED) is 0.922. The summed E-state index contributed by atoms with van der Waals surface area (Å²) in [6, 6.07) is 1.90. The minimum Gasteiger partial charge on any atom is -0.370 e. The molecule has 0 spiro atoms. The molecule has 1 N–H and O–H groups in total. The van der Waals surface area contributed by atoms with E-state index in [-0.39, 0.29) is 0 Å². The van der Waals surface area contributed by atoms with Crippen LogP contribution in [0.3, 0.4) is 0 Å². The molecular formula is C12H16BrN5. The molecule has 0 aromatic carbocycles. The molecule has 96 valence electrons. The Balaban J connectivity index is 2.39. The van der Waals surface area contributed by atoms with Gasteiger partial charge >= 0.3 is 0 Å². The number of anilines is 1. The molecule has 0 atom stereocenters. The molecule has 2 aromatic rings. The zero-order chi connectivity index (χ0) is 13.0.